The van der Waals surface area contributed by atoms with Crippen LogP contribution in [0, 0.1) is 0 Å². The van der Waals surface area contributed by atoms with Gasteiger partial charge in [0.1, 0.15) is 0 Å². The van der Waals surface area contributed by atoms with Crippen molar-refractivity contribution in [1.29, 1.82) is 0 Å². The smallest absolute Gasteiger partial charge is 0.307 e. The van der Waals surface area contributed by atoms with E-state index in [9.17, 15) is 14.4 Å². The number of carbonyl (C=O) groups is 3. The third-order valence-electron chi connectivity index (χ3n) is 2.24. The molecule has 0 aliphatic rings. The molecule has 0 aliphatic carbocycles. The van der Waals surface area contributed by atoms with Gasteiger partial charge in [0, 0.05) is 26.6 Å². The number of rotatable bonds is 9. The fourth-order valence-electron chi connectivity index (χ4n) is 1.34. The Hall–Kier alpha value is -1.63. The molecule has 0 spiro atoms. The SMILES string of the molecule is CCOC(=O)CCN(C)CC(=O)NCCNC(C)=O. The highest BCUT2D eigenvalue weighted by molar-refractivity contribution is 5.78. The van der Waals surface area contributed by atoms with Crippen molar-refractivity contribution < 1.29 is 19.1 Å². The number of likely N-dealkylation sites (N-methyl/N-ethyl adjacent to an activating group) is 1. The summed E-state index contributed by atoms with van der Waals surface area (Å²) in [4.78, 5) is 34.9. The molecular formula is C12H23N3O4. The minimum absolute atomic E-state index is 0.124. The van der Waals surface area contributed by atoms with Crippen molar-refractivity contribution in [2.24, 2.45) is 0 Å². The Kier molecular flexibility index (Phi) is 9.42. The summed E-state index contributed by atoms with van der Waals surface area (Å²) in [6.07, 6.45) is 0.267. The van der Waals surface area contributed by atoms with E-state index < -0.39 is 0 Å². The molecule has 0 radical (unpaired) electrons. The average molecular weight is 273 g/mol. The molecule has 19 heavy (non-hydrogen) atoms. The maximum absolute atomic E-state index is 11.5. The van der Waals surface area contributed by atoms with Crippen LogP contribution in [0.5, 0.6) is 0 Å². The standard InChI is InChI=1S/C12H23N3O4/c1-4-19-12(18)5-8-15(3)9-11(17)14-7-6-13-10(2)16/h4-9H2,1-3H3,(H,13,16)(H,14,17). The van der Waals surface area contributed by atoms with Gasteiger partial charge in [-0.3, -0.25) is 19.3 Å². The number of amides is 2. The molecule has 0 heterocycles. The monoisotopic (exact) mass is 273 g/mol. The van der Waals surface area contributed by atoms with E-state index in [1.165, 1.54) is 6.92 Å². The lowest BCUT2D eigenvalue weighted by molar-refractivity contribution is -0.143. The van der Waals surface area contributed by atoms with Crippen LogP contribution in [0.4, 0.5) is 0 Å². The van der Waals surface area contributed by atoms with Crippen molar-refractivity contribution in [2.75, 3.05) is 39.8 Å². The zero-order valence-electron chi connectivity index (χ0n) is 11.8. The van der Waals surface area contributed by atoms with Crippen LogP contribution < -0.4 is 10.6 Å². The van der Waals surface area contributed by atoms with Crippen molar-refractivity contribution in [1.82, 2.24) is 15.5 Å². The number of hydrogen-bond donors (Lipinski definition) is 2. The van der Waals surface area contributed by atoms with Gasteiger partial charge in [0.15, 0.2) is 0 Å². The highest BCUT2D eigenvalue weighted by Gasteiger charge is 2.08. The quantitative estimate of drug-likeness (QED) is 0.421. The maximum Gasteiger partial charge on any atom is 0.307 e. The number of nitrogens with zero attached hydrogens (tertiary/aromatic N) is 1. The van der Waals surface area contributed by atoms with Crippen molar-refractivity contribution in [2.45, 2.75) is 20.3 Å². The van der Waals surface area contributed by atoms with Crippen LogP contribution in [0.1, 0.15) is 20.3 Å². The summed E-state index contributed by atoms with van der Waals surface area (Å²) in [6, 6.07) is 0. The summed E-state index contributed by atoms with van der Waals surface area (Å²) in [5.74, 6) is -0.530. The summed E-state index contributed by atoms with van der Waals surface area (Å²) < 4.78 is 4.79. The molecule has 2 amide bonds. The van der Waals surface area contributed by atoms with E-state index in [2.05, 4.69) is 10.6 Å². The Labute approximate surface area is 113 Å². The van der Waals surface area contributed by atoms with Gasteiger partial charge in [-0.15, -0.1) is 0 Å². The number of carbonyl (C=O) groups excluding carboxylic acids is 3. The van der Waals surface area contributed by atoms with Gasteiger partial charge in [0.2, 0.25) is 11.8 Å². The number of esters is 1. The van der Waals surface area contributed by atoms with Gasteiger partial charge >= 0.3 is 5.97 Å². The van der Waals surface area contributed by atoms with Crippen molar-refractivity contribution in [3.63, 3.8) is 0 Å². The fraction of sp³-hybridized carbons (Fsp3) is 0.750. The molecule has 0 saturated carbocycles. The molecule has 7 heteroatoms. The van der Waals surface area contributed by atoms with E-state index in [-0.39, 0.29) is 30.7 Å². The molecule has 0 aromatic rings. The van der Waals surface area contributed by atoms with Gasteiger partial charge in [-0.2, -0.15) is 0 Å². The number of nitrogens with one attached hydrogen (secondary N) is 2. The van der Waals surface area contributed by atoms with Gasteiger partial charge < -0.3 is 15.4 Å². The van der Waals surface area contributed by atoms with Crippen LogP contribution in [-0.4, -0.2) is 62.5 Å². The van der Waals surface area contributed by atoms with Gasteiger partial charge in [-0.1, -0.05) is 0 Å². The molecule has 0 unspecified atom stereocenters. The summed E-state index contributed by atoms with van der Waals surface area (Å²) in [5, 5.41) is 5.25. The van der Waals surface area contributed by atoms with Gasteiger partial charge in [-0.05, 0) is 14.0 Å². The van der Waals surface area contributed by atoms with Crippen molar-refractivity contribution in [3.8, 4) is 0 Å². The highest BCUT2D eigenvalue weighted by atomic mass is 16.5. The van der Waals surface area contributed by atoms with E-state index >= 15 is 0 Å². The first-order valence-electron chi connectivity index (χ1n) is 6.31. The summed E-state index contributed by atoms with van der Waals surface area (Å²) in [7, 11) is 1.76. The molecule has 0 atom stereocenters. The first kappa shape index (κ1) is 17.4. The summed E-state index contributed by atoms with van der Waals surface area (Å²) in [5.41, 5.74) is 0. The predicted octanol–water partition coefficient (Wildman–Crippen LogP) is -0.876. The molecule has 2 N–H and O–H groups in total. The van der Waals surface area contributed by atoms with E-state index in [1.807, 2.05) is 0 Å². The van der Waals surface area contributed by atoms with Crippen LogP contribution in [0.25, 0.3) is 0 Å². The minimum atomic E-state index is -0.264. The maximum atomic E-state index is 11.5. The number of hydrogen-bond acceptors (Lipinski definition) is 5. The van der Waals surface area contributed by atoms with Crippen LogP contribution >= 0.6 is 0 Å². The van der Waals surface area contributed by atoms with Crippen molar-refractivity contribution >= 4 is 17.8 Å². The molecule has 0 aromatic carbocycles. The minimum Gasteiger partial charge on any atom is -0.466 e. The second-order valence-electron chi connectivity index (χ2n) is 4.13. The first-order chi connectivity index (χ1) is 8.95. The molecule has 0 bridgehead atoms. The Bertz CT molecular complexity index is 307. The zero-order valence-corrected chi connectivity index (χ0v) is 11.8. The van der Waals surface area contributed by atoms with Gasteiger partial charge in [0.25, 0.3) is 0 Å². The molecule has 7 nitrogen and oxygen atoms in total. The molecule has 0 aliphatic heterocycles. The summed E-state index contributed by atoms with van der Waals surface area (Å²) in [6.45, 7) is 5.02. The highest BCUT2D eigenvalue weighted by Crippen LogP contribution is 1.90. The molecule has 0 saturated heterocycles. The van der Waals surface area contributed by atoms with E-state index in [0.717, 1.165) is 0 Å². The average Bonchev–Trinajstić information content (AvgIpc) is 2.32. The lowest BCUT2D eigenvalue weighted by atomic mass is 10.4. The molecule has 0 aromatic heterocycles. The predicted molar refractivity (Wildman–Crippen MR) is 70.4 cm³/mol. The van der Waals surface area contributed by atoms with Gasteiger partial charge in [-0.25, -0.2) is 0 Å². The van der Waals surface area contributed by atoms with Crippen molar-refractivity contribution in [3.05, 3.63) is 0 Å². The number of ether oxygens (including phenoxy) is 1. The molecule has 110 valence electrons. The van der Waals surface area contributed by atoms with Gasteiger partial charge in [0.05, 0.1) is 19.6 Å². The third kappa shape index (κ3) is 11.2. The van der Waals surface area contributed by atoms with E-state index in [1.54, 1.807) is 18.9 Å². The third-order valence-corrected chi connectivity index (χ3v) is 2.24. The summed E-state index contributed by atoms with van der Waals surface area (Å²) >= 11 is 0. The Morgan fingerprint density at radius 1 is 1.16 bits per heavy atom. The second kappa shape index (κ2) is 10.3. The second-order valence-corrected chi connectivity index (χ2v) is 4.13. The van der Waals surface area contributed by atoms with Crippen LogP contribution in [0.15, 0.2) is 0 Å². The topological polar surface area (TPSA) is 87.7 Å². The van der Waals surface area contributed by atoms with E-state index in [4.69, 9.17) is 4.74 Å². The lowest BCUT2D eigenvalue weighted by Crippen LogP contribution is -2.39. The Morgan fingerprint density at radius 2 is 1.79 bits per heavy atom. The Balaban J connectivity index is 3.63. The van der Waals surface area contributed by atoms with Crippen LogP contribution in [-0.2, 0) is 19.1 Å². The lowest BCUT2D eigenvalue weighted by Gasteiger charge is -2.15. The van der Waals surface area contributed by atoms with Crippen LogP contribution in [0.2, 0.25) is 0 Å². The fourth-order valence-corrected chi connectivity index (χ4v) is 1.34. The zero-order chi connectivity index (χ0) is 14.7. The van der Waals surface area contributed by atoms with E-state index in [0.29, 0.717) is 26.2 Å². The normalized spacial score (nSPS) is 10.1. The molecular weight excluding hydrogens is 250 g/mol. The largest absolute Gasteiger partial charge is 0.466 e. The molecule has 0 fully saturated rings. The van der Waals surface area contributed by atoms with Crippen LogP contribution in [0.3, 0.4) is 0 Å². The molecule has 0 rings (SSSR count). The Morgan fingerprint density at radius 3 is 2.37 bits per heavy atom. The first-order valence-corrected chi connectivity index (χ1v) is 6.31.